The predicted molar refractivity (Wildman–Crippen MR) is 104 cm³/mol. The third-order valence-electron chi connectivity index (χ3n) is 4.76. The van der Waals surface area contributed by atoms with Gasteiger partial charge in [0.05, 0.1) is 18.4 Å². The standard InChI is InChI=1S/C20H17ClN2O3/c1-10-6-16-12(9-18(10)26-3)14(19(21)22-16)8-15-13-7-11(24)4-5-17(13)23(2)20(15)25/h4-9,22,24H,1-3H3/b15-8+. The Balaban J connectivity index is 1.96. The van der Waals surface area contributed by atoms with Gasteiger partial charge in [-0.05, 0) is 48.9 Å². The minimum absolute atomic E-state index is 0.111. The summed E-state index contributed by atoms with van der Waals surface area (Å²) >= 11 is 6.42. The number of H-pyrrole nitrogens is 1. The number of halogens is 1. The summed E-state index contributed by atoms with van der Waals surface area (Å²) in [4.78, 5) is 17.4. The molecule has 1 aliphatic rings. The number of aromatic nitrogens is 1. The summed E-state index contributed by atoms with van der Waals surface area (Å²) in [6, 6.07) is 8.76. The smallest absolute Gasteiger partial charge is 0.258 e. The molecule has 6 heteroatoms. The van der Waals surface area contributed by atoms with E-state index >= 15 is 0 Å². The highest BCUT2D eigenvalue weighted by Crippen LogP contribution is 2.41. The number of anilines is 1. The number of benzene rings is 2. The molecule has 0 spiro atoms. The highest BCUT2D eigenvalue weighted by Gasteiger charge is 2.30. The van der Waals surface area contributed by atoms with E-state index in [1.54, 1.807) is 43.3 Å². The number of phenolic OH excluding ortho intramolecular Hbond substituents is 1. The van der Waals surface area contributed by atoms with Crippen LogP contribution >= 0.6 is 11.6 Å². The molecule has 26 heavy (non-hydrogen) atoms. The normalized spacial score (nSPS) is 15.2. The second-order valence-electron chi connectivity index (χ2n) is 6.34. The van der Waals surface area contributed by atoms with Crippen LogP contribution in [0.1, 0.15) is 16.7 Å². The molecule has 0 radical (unpaired) electrons. The molecule has 1 aromatic heterocycles. The second-order valence-corrected chi connectivity index (χ2v) is 6.72. The number of methoxy groups -OCH3 is 1. The van der Waals surface area contributed by atoms with Crippen molar-refractivity contribution in [1.29, 1.82) is 0 Å². The number of aryl methyl sites for hydroxylation is 1. The molecule has 5 nitrogen and oxygen atoms in total. The number of hydrogen-bond acceptors (Lipinski definition) is 3. The molecular weight excluding hydrogens is 352 g/mol. The fraction of sp³-hybridized carbons (Fsp3) is 0.150. The van der Waals surface area contributed by atoms with Crippen molar-refractivity contribution in [3.8, 4) is 11.5 Å². The van der Waals surface area contributed by atoms with Gasteiger partial charge in [-0.25, -0.2) is 0 Å². The summed E-state index contributed by atoms with van der Waals surface area (Å²) in [5, 5.41) is 11.1. The van der Waals surface area contributed by atoms with Crippen LogP contribution in [0.2, 0.25) is 5.15 Å². The summed E-state index contributed by atoms with van der Waals surface area (Å²) in [5.74, 6) is 0.718. The van der Waals surface area contributed by atoms with Gasteiger partial charge >= 0.3 is 0 Å². The van der Waals surface area contributed by atoms with E-state index in [0.717, 1.165) is 27.9 Å². The topological polar surface area (TPSA) is 65.6 Å². The third kappa shape index (κ3) is 2.35. The zero-order valence-corrected chi connectivity index (χ0v) is 15.3. The van der Waals surface area contributed by atoms with Gasteiger partial charge in [-0.15, -0.1) is 0 Å². The number of phenols is 1. The van der Waals surface area contributed by atoms with Crippen LogP contribution in [-0.4, -0.2) is 30.2 Å². The highest BCUT2D eigenvalue weighted by molar-refractivity contribution is 6.38. The number of likely N-dealkylation sites (N-methyl/N-ethyl adjacent to an activating group) is 1. The first-order chi connectivity index (χ1) is 12.4. The van der Waals surface area contributed by atoms with Gasteiger partial charge in [0.15, 0.2) is 0 Å². The molecule has 0 saturated heterocycles. The van der Waals surface area contributed by atoms with E-state index in [1.165, 1.54) is 0 Å². The van der Waals surface area contributed by atoms with Crippen LogP contribution in [0.4, 0.5) is 5.69 Å². The zero-order valence-electron chi connectivity index (χ0n) is 14.6. The Hall–Kier alpha value is -2.92. The number of carbonyl (C=O) groups is 1. The quantitative estimate of drug-likeness (QED) is 0.660. The summed E-state index contributed by atoms with van der Waals surface area (Å²) in [7, 11) is 3.33. The number of nitrogens with one attached hydrogen (secondary N) is 1. The van der Waals surface area contributed by atoms with E-state index < -0.39 is 0 Å². The second kappa shape index (κ2) is 5.81. The fourth-order valence-corrected chi connectivity index (χ4v) is 3.66. The van der Waals surface area contributed by atoms with Crippen LogP contribution in [0.15, 0.2) is 30.3 Å². The molecule has 1 aliphatic heterocycles. The number of carbonyl (C=O) groups excluding carboxylic acids is 1. The number of amides is 1. The van der Waals surface area contributed by atoms with Gasteiger partial charge in [-0.1, -0.05) is 11.6 Å². The van der Waals surface area contributed by atoms with Crippen molar-refractivity contribution < 1.29 is 14.6 Å². The van der Waals surface area contributed by atoms with Crippen LogP contribution in [0, 0.1) is 6.92 Å². The van der Waals surface area contributed by atoms with Crippen LogP contribution in [0.3, 0.4) is 0 Å². The van der Waals surface area contributed by atoms with Crippen molar-refractivity contribution in [2.75, 3.05) is 19.1 Å². The average molecular weight is 369 g/mol. The van der Waals surface area contributed by atoms with Gasteiger partial charge in [0, 0.05) is 29.1 Å². The Morgan fingerprint density at radius 1 is 1.27 bits per heavy atom. The first-order valence-electron chi connectivity index (χ1n) is 8.09. The third-order valence-corrected chi connectivity index (χ3v) is 5.06. The first-order valence-corrected chi connectivity index (χ1v) is 8.47. The minimum atomic E-state index is -0.143. The van der Waals surface area contributed by atoms with E-state index in [9.17, 15) is 9.90 Å². The largest absolute Gasteiger partial charge is 0.508 e. The number of aromatic amines is 1. The minimum Gasteiger partial charge on any atom is -0.508 e. The fourth-order valence-electron chi connectivity index (χ4n) is 3.40. The van der Waals surface area contributed by atoms with Crippen LogP contribution < -0.4 is 9.64 Å². The number of fused-ring (bicyclic) bond motifs is 2. The lowest BCUT2D eigenvalue weighted by molar-refractivity contribution is -0.112. The Morgan fingerprint density at radius 2 is 2.04 bits per heavy atom. The molecule has 2 N–H and O–H groups in total. The van der Waals surface area contributed by atoms with E-state index in [4.69, 9.17) is 16.3 Å². The molecule has 3 aromatic rings. The maximum Gasteiger partial charge on any atom is 0.258 e. The average Bonchev–Trinajstić information content (AvgIpc) is 3.02. The lowest BCUT2D eigenvalue weighted by atomic mass is 10.0. The lowest BCUT2D eigenvalue weighted by Crippen LogP contribution is -2.20. The van der Waals surface area contributed by atoms with Crippen LogP contribution in [-0.2, 0) is 4.79 Å². The molecule has 0 aliphatic carbocycles. The zero-order chi connectivity index (χ0) is 18.6. The van der Waals surface area contributed by atoms with Gasteiger partial charge in [0.1, 0.15) is 16.7 Å². The number of nitrogens with zero attached hydrogens (tertiary/aromatic N) is 1. The maximum atomic E-state index is 12.7. The number of rotatable bonds is 2. The molecule has 0 atom stereocenters. The molecule has 1 amide bonds. The monoisotopic (exact) mass is 368 g/mol. The van der Waals surface area contributed by atoms with E-state index in [-0.39, 0.29) is 11.7 Å². The highest BCUT2D eigenvalue weighted by atomic mass is 35.5. The molecule has 2 heterocycles. The Morgan fingerprint density at radius 3 is 2.77 bits per heavy atom. The first kappa shape index (κ1) is 16.5. The molecule has 0 bridgehead atoms. The number of ether oxygens (including phenoxy) is 1. The summed E-state index contributed by atoms with van der Waals surface area (Å²) in [5.41, 5.74) is 4.50. The molecule has 2 aromatic carbocycles. The van der Waals surface area contributed by atoms with Gasteiger partial charge < -0.3 is 19.7 Å². The number of aromatic hydroxyl groups is 1. The van der Waals surface area contributed by atoms with Crippen molar-refractivity contribution in [3.63, 3.8) is 0 Å². The van der Waals surface area contributed by atoms with Gasteiger partial charge in [-0.2, -0.15) is 0 Å². The van der Waals surface area contributed by atoms with E-state index in [2.05, 4.69) is 4.98 Å². The molecule has 0 saturated carbocycles. The van der Waals surface area contributed by atoms with Crippen LogP contribution in [0.5, 0.6) is 11.5 Å². The maximum absolute atomic E-state index is 12.7. The van der Waals surface area contributed by atoms with Crippen molar-refractivity contribution in [2.24, 2.45) is 0 Å². The van der Waals surface area contributed by atoms with Crippen molar-refractivity contribution in [3.05, 3.63) is 52.2 Å². The molecule has 4 rings (SSSR count). The number of hydrogen-bond donors (Lipinski definition) is 2. The van der Waals surface area contributed by atoms with Gasteiger partial charge in [-0.3, -0.25) is 4.79 Å². The predicted octanol–water partition coefficient (Wildman–Crippen LogP) is 4.36. The Labute approximate surface area is 155 Å². The van der Waals surface area contributed by atoms with E-state index in [1.807, 2.05) is 19.1 Å². The molecule has 132 valence electrons. The van der Waals surface area contributed by atoms with Crippen LogP contribution in [0.25, 0.3) is 22.6 Å². The van der Waals surface area contributed by atoms with Crippen molar-refractivity contribution in [2.45, 2.75) is 6.92 Å². The molecule has 0 unspecified atom stereocenters. The van der Waals surface area contributed by atoms with E-state index in [0.29, 0.717) is 21.9 Å². The SMILES string of the molecule is COc1cc2c(/C=C3/C(=O)N(C)c4ccc(O)cc43)c(Cl)[nH]c2cc1C. The summed E-state index contributed by atoms with van der Waals surface area (Å²) in [6.45, 7) is 1.96. The summed E-state index contributed by atoms with van der Waals surface area (Å²) in [6.07, 6.45) is 1.76. The summed E-state index contributed by atoms with van der Waals surface area (Å²) < 4.78 is 5.41. The van der Waals surface area contributed by atoms with Crippen molar-refractivity contribution >= 4 is 45.7 Å². The lowest BCUT2D eigenvalue weighted by Gasteiger charge is -2.08. The van der Waals surface area contributed by atoms with Gasteiger partial charge in [0.25, 0.3) is 5.91 Å². The Bertz CT molecular complexity index is 1100. The molecular formula is C20H17ClN2O3. The Kier molecular flexibility index (Phi) is 3.70. The molecule has 0 fully saturated rings. The van der Waals surface area contributed by atoms with Crippen molar-refractivity contribution in [1.82, 2.24) is 4.98 Å². The van der Waals surface area contributed by atoms with Gasteiger partial charge in [0.2, 0.25) is 0 Å².